The summed E-state index contributed by atoms with van der Waals surface area (Å²) in [6, 6.07) is 5.64. The number of fused-ring (bicyclic) bond motifs is 1. The van der Waals surface area contributed by atoms with Crippen LogP contribution in [0.1, 0.15) is 64.9 Å². The molecule has 1 aliphatic rings. The van der Waals surface area contributed by atoms with Gasteiger partial charge < -0.3 is 9.47 Å². The second-order valence-electron chi connectivity index (χ2n) is 9.23. The van der Waals surface area contributed by atoms with Crippen LogP contribution >= 0.6 is 0 Å². The van der Waals surface area contributed by atoms with Crippen LogP contribution in [0.3, 0.4) is 0 Å². The monoisotopic (exact) mass is 434 g/mol. The Bertz CT molecular complexity index is 1280. The van der Waals surface area contributed by atoms with Crippen molar-refractivity contribution in [1.82, 2.24) is 19.2 Å². The van der Waals surface area contributed by atoms with Gasteiger partial charge in [-0.3, -0.25) is 19.1 Å². The standard InChI is InChI=1S/C25H30N4O3/c1-15(2)12-28-14-22(18(5)30)24(31)21-11-20(25(32)27-7-6-8-27)19(10-23(21)28)13-29-17(4)9-16(3)26-29/h9-11,14-15H,6-8,12-13H2,1-5H3. The molecular formula is C25H30N4O3. The molecule has 0 bridgehead atoms. The van der Waals surface area contributed by atoms with Gasteiger partial charge in [0.25, 0.3) is 5.91 Å². The zero-order valence-electron chi connectivity index (χ0n) is 19.4. The molecule has 32 heavy (non-hydrogen) atoms. The van der Waals surface area contributed by atoms with Crippen LogP contribution in [0, 0.1) is 19.8 Å². The third-order valence-corrected chi connectivity index (χ3v) is 6.04. The predicted molar refractivity (Wildman–Crippen MR) is 124 cm³/mol. The number of ketones is 1. The number of hydrogen-bond acceptors (Lipinski definition) is 4. The second kappa shape index (κ2) is 8.37. The number of amides is 1. The molecular weight excluding hydrogens is 404 g/mol. The lowest BCUT2D eigenvalue weighted by atomic mass is 9.98. The molecule has 1 saturated heterocycles. The number of carbonyl (C=O) groups excluding carboxylic acids is 2. The minimum Gasteiger partial charge on any atom is -0.346 e. The molecule has 1 aliphatic heterocycles. The number of nitrogens with zero attached hydrogens (tertiary/aromatic N) is 4. The first kappa shape index (κ1) is 22.0. The van der Waals surface area contributed by atoms with Crippen LogP contribution in [0.2, 0.25) is 0 Å². The maximum Gasteiger partial charge on any atom is 0.254 e. The van der Waals surface area contributed by atoms with Crippen molar-refractivity contribution in [2.24, 2.45) is 5.92 Å². The summed E-state index contributed by atoms with van der Waals surface area (Å²) < 4.78 is 3.86. The highest BCUT2D eigenvalue weighted by Gasteiger charge is 2.26. The zero-order valence-corrected chi connectivity index (χ0v) is 19.4. The van der Waals surface area contributed by atoms with Gasteiger partial charge in [0.2, 0.25) is 0 Å². The van der Waals surface area contributed by atoms with Crippen LogP contribution < -0.4 is 5.43 Å². The van der Waals surface area contributed by atoms with Gasteiger partial charge in [0.15, 0.2) is 11.2 Å². The van der Waals surface area contributed by atoms with E-state index in [1.54, 1.807) is 17.2 Å². The number of rotatable bonds is 6. The van der Waals surface area contributed by atoms with Crippen molar-refractivity contribution in [3.05, 3.63) is 62.7 Å². The molecule has 7 nitrogen and oxygen atoms in total. The Morgan fingerprint density at radius 3 is 2.34 bits per heavy atom. The molecule has 0 N–H and O–H groups in total. The highest BCUT2D eigenvalue weighted by Crippen LogP contribution is 2.24. The SMILES string of the molecule is CC(=O)c1cn(CC(C)C)c2cc(Cn3nc(C)cc3C)c(C(=O)N3CCC3)cc2c1=O. The lowest BCUT2D eigenvalue weighted by Crippen LogP contribution is -2.42. The molecule has 4 rings (SSSR count). The minimum absolute atomic E-state index is 0.0716. The van der Waals surface area contributed by atoms with Gasteiger partial charge >= 0.3 is 0 Å². The molecule has 0 radical (unpaired) electrons. The van der Waals surface area contributed by atoms with Crippen molar-refractivity contribution in [2.75, 3.05) is 13.1 Å². The fourth-order valence-corrected chi connectivity index (χ4v) is 4.29. The first-order chi connectivity index (χ1) is 15.2. The van der Waals surface area contributed by atoms with Gasteiger partial charge in [-0.1, -0.05) is 13.8 Å². The van der Waals surface area contributed by atoms with Gasteiger partial charge in [0.1, 0.15) is 0 Å². The summed E-state index contributed by atoms with van der Waals surface area (Å²) in [5.41, 5.74) is 3.85. The van der Waals surface area contributed by atoms with Gasteiger partial charge in [-0.05, 0) is 56.9 Å². The van der Waals surface area contributed by atoms with Crippen molar-refractivity contribution >= 4 is 22.6 Å². The van der Waals surface area contributed by atoms with Crippen molar-refractivity contribution in [1.29, 1.82) is 0 Å². The molecule has 0 aliphatic carbocycles. The van der Waals surface area contributed by atoms with E-state index in [0.29, 0.717) is 30.0 Å². The Morgan fingerprint density at radius 2 is 1.81 bits per heavy atom. The molecule has 0 spiro atoms. The van der Waals surface area contributed by atoms with Gasteiger partial charge in [-0.15, -0.1) is 0 Å². The van der Waals surface area contributed by atoms with Gasteiger partial charge in [0.05, 0.1) is 23.3 Å². The minimum atomic E-state index is -0.317. The number of carbonyl (C=O) groups is 2. The van der Waals surface area contributed by atoms with Gasteiger partial charge in [0, 0.05) is 42.5 Å². The quantitative estimate of drug-likeness (QED) is 0.556. The average Bonchev–Trinajstić information content (AvgIpc) is 2.98. The lowest BCUT2D eigenvalue weighted by molar-refractivity contribution is 0.0650. The van der Waals surface area contributed by atoms with E-state index in [1.807, 2.05) is 35.2 Å². The van der Waals surface area contributed by atoms with Crippen molar-refractivity contribution in [2.45, 2.75) is 54.1 Å². The van der Waals surface area contributed by atoms with E-state index in [4.69, 9.17) is 0 Å². The third-order valence-electron chi connectivity index (χ3n) is 6.04. The van der Waals surface area contributed by atoms with E-state index in [9.17, 15) is 14.4 Å². The molecule has 3 aromatic rings. The van der Waals surface area contributed by atoms with E-state index in [0.717, 1.165) is 42.0 Å². The van der Waals surface area contributed by atoms with Gasteiger partial charge in [-0.2, -0.15) is 5.10 Å². The van der Waals surface area contributed by atoms with E-state index < -0.39 is 0 Å². The largest absolute Gasteiger partial charge is 0.346 e. The second-order valence-corrected chi connectivity index (χ2v) is 9.23. The van der Waals surface area contributed by atoms with E-state index in [2.05, 4.69) is 18.9 Å². The first-order valence-electron chi connectivity index (χ1n) is 11.2. The molecule has 1 fully saturated rings. The predicted octanol–water partition coefficient (Wildman–Crippen LogP) is 3.57. The maximum atomic E-state index is 13.3. The molecule has 0 saturated carbocycles. The van der Waals surface area contributed by atoms with Crippen molar-refractivity contribution < 1.29 is 9.59 Å². The molecule has 1 aromatic carbocycles. The number of aryl methyl sites for hydroxylation is 2. The molecule has 7 heteroatoms. The molecule has 3 heterocycles. The lowest BCUT2D eigenvalue weighted by Gasteiger charge is -2.31. The van der Waals surface area contributed by atoms with Crippen LogP contribution in [-0.4, -0.2) is 44.0 Å². The Balaban J connectivity index is 1.97. The maximum absolute atomic E-state index is 13.3. The number of aromatic nitrogens is 3. The van der Waals surface area contributed by atoms with E-state index in [-0.39, 0.29) is 22.7 Å². The number of likely N-dealkylation sites (tertiary alicyclic amines) is 1. The van der Waals surface area contributed by atoms with Crippen LogP contribution in [0.5, 0.6) is 0 Å². The summed E-state index contributed by atoms with van der Waals surface area (Å²) in [5.74, 6) is -0.0168. The summed E-state index contributed by atoms with van der Waals surface area (Å²) in [6.45, 7) is 12.1. The Hall–Kier alpha value is -3.22. The average molecular weight is 435 g/mol. The number of benzene rings is 1. The highest BCUT2D eigenvalue weighted by molar-refractivity contribution is 6.02. The molecule has 0 atom stereocenters. The summed E-state index contributed by atoms with van der Waals surface area (Å²) >= 11 is 0. The summed E-state index contributed by atoms with van der Waals surface area (Å²) in [6.07, 6.45) is 2.65. The van der Waals surface area contributed by atoms with E-state index >= 15 is 0 Å². The normalized spacial score (nSPS) is 13.6. The number of hydrogen-bond donors (Lipinski definition) is 0. The molecule has 168 valence electrons. The summed E-state index contributed by atoms with van der Waals surface area (Å²) in [4.78, 5) is 40.4. The fourth-order valence-electron chi connectivity index (χ4n) is 4.29. The highest BCUT2D eigenvalue weighted by atomic mass is 16.2. The summed E-state index contributed by atoms with van der Waals surface area (Å²) in [5, 5.41) is 4.99. The topological polar surface area (TPSA) is 77.2 Å². The smallest absolute Gasteiger partial charge is 0.254 e. The third kappa shape index (κ3) is 3.99. The first-order valence-corrected chi connectivity index (χ1v) is 11.2. The molecule has 2 aromatic heterocycles. The van der Waals surface area contributed by atoms with Crippen LogP contribution in [0.15, 0.2) is 29.2 Å². The van der Waals surface area contributed by atoms with Crippen LogP contribution in [0.25, 0.3) is 10.9 Å². The molecule has 0 unspecified atom stereocenters. The van der Waals surface area contributed by atoms with Gasteiger partial charge in [-0.25, -0.2) is 0 Å². The van der Waals surface area contributed by atoms with E-state index in [1.165, 1.54) is 6.92 Å². The Labute approximate surface area is 187 Å². The Kier molecular flexibility index (Phi) is 5.75. The Morgan fingerprint density at radius 1 is 1.09 bits per heavy atom. The fraction of sp³-hybridized carbons (Fsp3) is 0.440. The van der Waals surface area contributed by atoms with Crippen molar-refractivity contribution in [3.8, 4) is 0 Å². The van der Waals surface area contributed by atoms with Crippen LogP contribution in [-0.2, 0) is 13.1 Å². The number of pyridine rings is 1. The van der Waals surface area contributed by atoms with Crippen LogP contribution in [0.4, 0.5) is 0 Å². The van der Waals surface area contributed by atoms with Crippen molar-refractivity contribution in [3.63, 3.8) is 0 Å². The zero-order chi connectivity index (χ0) is 23.2. The number of Topliss-reactive ketones (excluding diaryl/α,β-unsaturated/α-hetero) is 1. The summed E-state index contributed by atoms with van der Waals surface area (Å²) in [7, 11) is 0. The molecule has 1 amide bonds.